The molecule has 3 aromatic carbocycles. The number of amides is 12. The fourth-order valence-corrected chi connectivity index (χ4v) is 10.9. The van der Waals surface area contributed by atoms with E-state index in [-0.39, 0.29) is 73.5 Å². The van der Waals surface area contributed by atoms with Crippen LogP contribution in [-0.2, 0) is 85.2 Å². The molecule has 0 heterocycles. The van der Waals surface area contributed by atoms with E-state index >= 15 is 0 Å². The number of phenols is 1. The Hall–Kier alpha value is -10.3. The second-order valence-corrected chi connectivity index (χ2v) is 27.3. The van der Waals surface area contributed by atoms with E-state index < -0.39 is 199 Å². The number of rotatable bonds is 44. The highest BCUT2D eigenvalue weighted by atomic mass is 32.2. The first-order chi connectivity index (χ1) is 47.9. The second-order valence-electron chi connectivity index (χ2n) is 25.6. The van der Waals surface area contributed by atoms with Crippen LogP contribution in [0.15, 0.2) is 88.8 Å². The molecule has 0 bridgehead atoms. The second kappa shape index (κ2) is 42.7. The number of carbonyl (C=O) groups is 13. The molecule has 3 rings (SSSR count). The lowest BCUT2D eigenvalue weighted by molar-refractivity contribution is -0.143. The molecule has 0 unspecified atom stereocenters. The van der Waals surface area contributed by atoms with Crippen molar-refractivity contribution in [2.24, 2.45) is 45.7 Å². The van der Waals surface area contributed by atoms with Crippen molar-refractivity contribution in [1.29, 1.82) is 0 Å². The number of aliphatic hydroxyl groups is 2. The molecule has 0 saturated heterocycles. The number of aliphatic imine (C=N–C) groups is 1. The van der Waals surface area contributed by atoms with E-state index in [1.54, 1.807) is 90.9 Å². The maximum Gasteiger partial charge on any atom is 0.328 e. The summed E-state index contributed by atoms with van der Waals surface area (Å²) in [6.07, 6.45) is -2.62. The highest BCUT2D eigenvalue weighted by molar-refractivity contribution is 7.90. The first-order valence-corrected chi connectivity index (χ1v) is 34.4. The summed E-state index contributed by atoms with van der Waals surface area (Å²) in [4.78, 5) is 179. The Bertz CT molecular complexity index is 3510. The van der Waals surface area contributed by atoms with Gasteiger partial charge in [-0.25, -0.2) is 17.9 Å². The molecular formula is C66H98N16O19S. The number of primary amides is 2. The SMILES string of the molecule is Cc1ccc(S(=O)(=O)NC(N)=NCCC[C@H](NC(=O)[C@H](CCC(N)=O)NC(=O)[C@H](CC(C)C)NC(=O)[C@H](Cc2ccccc2)NC(=O)CNC(=O)[C@H](CC(C)C)NC(=O)[C@H](CC(C)C)NC(=O)[C@H](CC(N)=O)NC(=O)[C@@H](N)Cc2ccc(O)cc2)C(=O)N[C@@H](CO)C(=O)N[C@@H](CO)C(=O)O)cc1. The molecule has 562 valence electrons. The van der Waals surface area contributed by atoms with Crippen LogP contribution in [0.2, 0.25) is 0 Å². The van der Waals surface area contributed by atoms with Crippen LogP contribution in [0.4, 0.5) is 0 Å². The largest absolute Gasteiger partial charge is 0.508 e. The van der Waals surface area contributed by atoms with E-state index in [9.17, 15) is 91.2 Å². The van der Waals surface area contributed by atoms with Crippen molar-refractivity contribution in [1.82, 2.24) is 57.9 Å². The number of phenolic OH excluding ortho intramolecular Hbond substituents is 1. The summed E-state index contributed by atoms with van der Waals surface area (Å²) in [5, 5.41) is 62.9. The number of aliphatic carboxylic acids is 1. The summed E-state index contributed by atoms with van der Waals surface area (Å²) < 4.78 is 28.0. The Labute approximate surface area is 590 Å². The van der Waals surface area contributed by atoms with Crippen molar-refractivity contribution in [2.45, 2.75) is 178 Å². The molecule has 0 aliphatic heterocycles. The molecule has 23 N–H and O–H groups in total. The Morgan fingerprint density at radius 2 is 0.912 bits per heavy atom. The number of sulfonamides is 1. The third-order valence-electron chi connectivity index (χ3n) is 15.2. The van der Waals surface area contributed by atoms with Gasteiger partial charge >= 0.3 is 5.97 Å². The molecule has 12 amide bonds. The number of carboxylic acid groups (broad SMARTS) is 1. The predicted octanol–water partition coefficient (Wildman–Crippen LogP) is -4.29. The van der Waals surface area contributed by atoms with Gasteiger partial charge in [-0.15, -0.1) is 0 Å². The van der Waals surface area contributed by atoms with E-state index in [4.69, 9.17) is 22.9 Å². The molecule has 0 radical (unpaired) electrons. The lowest BCUT2D eigenvalue weighted by Crippen LogP contribution is -2.60. The van der Waals surface area contributed by atoms with E-state index in [1.165, 1.54) is 36.4 Å². The number of hydrogen-bond acceptors (Lipinski definition) is 20. The minimum Gasteiger partial charge on any atom is -0.508 e. The Kier molecular flexibility index (Phi) is 36.0. The fraction of sp³-hybridized carbons (Fsp3) is 0.515. The Morgan fingerprint density at radius 1 is 0.480 bits per heavy atom. The van der Waals surface area contributed by atoms with Crippen molar-refractivity contribution in [2.75, 3.05) is 26.3 Å². The molecule has 10 atom stereocenters. The van der Waals surface area contributed by atoms with Crippen LogP contribution in [-0.4, -0.2) is 198 Å². The molecule has 0 spiro atoms. The van der Waals surface area contributed by atoms with Gasteiger partial charge in [0.15, 0.2) is 0 Å². The zero-order valence-corrected chi connectivity index (χ0v) is 58.8. The number of nitrogens with one attached hydrogen (secondary N) is 11. The van der Waals surface area contributed by atoms with Crippen molar-refractivity contribution < 1.29 is 91.2 Å². The van der Waals surface area contributed by atoms with E-state index in [0.717, 1.165) is 5.56 Å². The summed E-state index contributed by atoms with van der Waals surface area (Å²) in [5.41, 5.74) is 24.8. The van der Waals surface area contributed by atoms with Gasteiger partial charge in [0.05, 0.1) is 37.1 Å². The third-order valence-corrected chi connectivity index (χ3v) is 16.6. The van der Waals surface area contributed by atoms with Gasteiger partial charge in [0, 0.05) is 19.4 Å². The Balaban J connectivity index is 1.89. The van der Waals surface area contributed by atoms with Crippen LogP contribution in [0.3, 0.4) is 0 Å². The maximum atomic E-state index is 14.5. The van der Waals surface area contributed by atoms with Gasteiger partial charge in [-0.3, -0.25) is 62.5 Å². The van der Waals surface area contributed by atoms with Crippen molar-refractivity contribution in [3.05, 3.63) is 95.6 Å². The summed E-state index contributed by atoms with van der Waals surface area (Å²) in [5.74, 6) is -15.0. The van der Waals surface area contributed by atoms with Crippen LogP contribution in [0.25, 0.3) is 0 Å². The summed E-state index contributed by atoms with van der Waals surface area (Å²) in [7, 11) is -4.20. The smallest absolute Gasteiger partial charge is 0.328 e. The molecule has 35 nitrogen and oxygen atoms in total. The van der Waals surface area contributed by atoms with Crippen molar-refractivity contribution >= 4 is 92.8 Å². The van der Waals surface area contributed by atoms with Gasteiger partial charge in [-0.05, 0) is 105 Å². The highest BCUT2D eigenvalue weighted by Gasteiger charge is 2.36. The number of benzene rings is 3. The first-order valence-electron chi connectivity index (χ1n) is 32.9. The predicted molar refractivity (Wildman–Crippen MR) is 370 cm³/mol. The zero-order valence-electron chi connectivity index (χ0n) is 58.0. The fourth-order valence-electron chi connectivity index (χ4n) is 9.92. The van der Waals surface area contributed by atoms with Crippen LogP contribution in [0.5, 0.6) is 5.75 Å². The molecule has 102 heavy (non-hydrogen) atoms. The van der Waals surface area contributed by atoms with E-state index in [0.29, 0.717) is 11.1 Å². The highest BCUT2D eigenvalue weighted by Crippen LogP contribution is 2.16. The number of carbonyl (C=O) groups excluding carboxylic acids is 12. The summed E-state index contributed by atoms with van der Waals surface area (Å²) >= 11 is 0. The quantitative estimate of drug-likeness (QED) is 0.0145. The van der Waals surface area contributed by atoms with Crippen LogP contribution >= 0.6 is 0 Å². The number of aliphatic hydroxyl groups excluding tert-OH is 2. The van der Waals surface area contributed by atoms with Gasteiger partial charge < -0.3 is 96.5 Å². The molecule has 0 saturated carbocycles. The number of nitrogens with zero attached hydrogens (tertiary/aromatic N) is 1. The summed E-state index contributed by atoms with van der Waals surface area (Å²) in [6, 6.07) is 4.29. The normalized spacial score (nSPS) is 14.5. The van der Waals surface area contributed by atoms with Crippen LogP contribution < -0.4 is 80.8 Å². The average molecular weight is 1450 g/mol. The molecule has 0 fully saturated rings. The van der Waals surface area contributed by atoms with Gasteiger partial charge in [-0.1, -0.05) is 102 Å². The molecule has 0 aliphatic rings. The van der Waals surface area contributed by atoms with E-state index in [2.05, 4.69) is 57.6 Å². The number of aryl methyl sites for hydroxylation is 1. The van der Waals surface area contributed by atoms with Gasteiger partial charge in [0.2, 0.25) is 76.8 Å². The maximum absolute atomic E-state index is 14.5. The third kappa shape index (κ3) is 31.5. The zero-order chi connectivity index (χ0) is 76.6. The lowest BCUT2D eigenvalue weighted by atomic mass is 9.99. The first kappa shape index (κ1) is 85.9. The molecular weight excluding hydrogens is 1350 g/mol. The molecule has 0 aliphatic carbocycles. The molecule has 0 aromatic heterocycles. The lowest BCUT2D eigenvalue weighted by Gasteiger charge is -2.28. The summed E-state index contributed by atoms with van der Waals surface area (Å²) in [6.45, 7) is 8.84. The average Bonchev–Trinajstić information content (AvgIpc) is 0.848. The van der Waals surface area contributed by atoms with Crippen molar-refractivity contribution in [3.63, 3.8) is 0 Å². The van der Waals surface area contributed by atoms with Crippen molar-refractivity contribution in [3.8, 4) is 5.75 Å². The Morgan fingerprint density at radius 3 is 1.40 bits per heavy atom. The number of carboxylic acids is 1. The van der Waals surface area contributed by atoms with Crippen LogP contribution in [0.1, 0.15) is 110 Å². The monoisotopic (exact) mass is 1450 g/mol. The number of aromatic hydroxyl groups is 1. The molecule has 36 heteroatoms. The van der Waals surface area contributed by atoms with Crippen LogP contribution in [0, 0.1) is 24.7 Å². The van der Waals surface area contributed by atoms with E-state index in [1.807, 2.05) is 5.32 Å². The van der Waals surface area contributed by atoms with Gasteiger partial charge in [-0.2, -0.15) is 0 Å². The van der Waals surface area contributed by atoms with Gasteiger partial charge in [0.25, 0.3) is 10.0 Å². The molecule has 3 aromatic rings. The minimum absolute atomic E-state index is 0.00112. The number of hydrogen-bond donors (Lipinski definition) is 19. The topological polar surface area (TPSA) is 586 Å². The van der Waals surface area contributed by atoms with Gasteiger partial charge in [0.1, 0.15) is 60.1 Å². The minimum atomic E-state index is -4.20. The standard InChI is InChI=1S/C66H98N16O19S/c1-35(2)26-46(77-61(94)48(28-37(5)6)79-63(96)50(31-54(69)87)76-56(89)43(67)29-40-17-19-41(85)20-18-40)57(90)72-32-55(88)73-49(30-39-12-9-8-10-13-39)62(95)78-47(27-36(3)4)60(93)75-45(23-24-53(68)86)59(92)74-44(58(91)80-51(33-83)64(97)81-52(34-84)65(98)99)14-11-25-71-66(70)82-102(100,101)42-21-15-38(7)16-22-42/h8-10,12-13,15-22,35-37,43-52,83-85H,11,14,23-34,67H2,1-7H3,(H2,68,86)(H2,69,87)(H,72,90)(H,73,88)(H,74,92)(H,75,93)(H,76,89)(H,77,94)(H,78,95)(H,79,96)(H,80,91)(H,81,97)(H,98,99)(H3,70,71,82)/t43-,44-,45-,46-,47-,48-,49-,50-,51-,52-/m0/s1. The number of guanidine groups is 1. The number of nitrogens with two attached hydrogens (primary N) is 4.